The highest BCUT2D eigenvalue weighted by Gasteiger charge is 2.06. The molecular weight excluding hydrogens is 180 g/mol. The smallest absolute Gasteiger partial charge is 0.304 e. The van der Waals surface area contributed by atoms with Gasteiger partial charge in [-0.05, 0) is 20.0 Å². The van der Waals surface area contributed by atoms with Gasteiger partial charge in [-0.3, -0.25) is 4.79 Å². The van der Waals surface area contributed by atoms with E-state index < -0.39 is 5.97 Å². The Morgan fingerprint density at radius 2 is 2.00 bits per heavy atom. The Hall–Kier alpha value is -0.610. The van der Waals surface area contributed by atoms with Crippen LogP contribution in [-0.4, -0.2) is 48.2 Å². The SMILES string of the molecule is CCN(CC)CCNC(C)CC(=O)O. The zero-order chi connectivity index (χ0) is 11.0. The Kier molecular flexibility index (Phi) is 7.42. The molecular formula is C10H22N2O2. The lowest BCUT2D eigenvalue weighted by Gasteiger charge is -2.19. The fourth-order valence-electron chi connectivity index (χ4n) is 1.34. The Morgan fingerprint density at radius 1 is 1.43 bits per heavy atom. The van der Waals surface area contributed by atoms with Crippen molar-refractivity contribution in [2.75, 3.05) is 26.2 Å². The molecule has 0 radical (unpaired) electrons. The monoisotopic (exact) mass is 202 g/mol. The molecule has 0 aliphatic rings. The van der Waals surface area contributed by atoms with Crippen LogP contribution in [0.15, 0.2) is 0 Å². The molecule has 0 heterocycles. The fraction of sp³-hybridized carbons (Fsp3) is 0.900. The van der Waals surface area contributed by atoms with Crippen LogP contribution in [0, 0.1) is 0 Å². The van der Waals surface area contributed by atoms with Crippen molar-refractivity contribution < 1.29 is 9.90 Å². The molecule has 1 unspecified atom stereocenters. The third kappa shape index (κ3) is 6.86. The van der Waals surface area contributed by atoms with Crippen molar-refractivity contribution >= 4 is 5.97 Å². The number of carboxylic acid groups (broad SMARTS) is 1. The van der Waals surface area contributed by atoms with Gasteiger partial charge in [-0.25, -0.2) is 0 Å². The Bertz CT molecular complexity index is 158. The fourth-order valence-corrected chi connectivity index (χ4v) is 1.34. The number of carbonyl (C=O) groups is 1. The summed E-state index contributed by atoms with van der Waals surface area (Å²) in [5, 5.41) is 11.7. The van der Waals surface area contributed by atoms with Gasteiger partial charge in [-0.2, -0.15) is 0 Å². The topological polar surface area (TPSA) is 52.6 Å². The van der Waals surface area contributed by atoms with E-state index in [1.165, 1.54) is 0 Å². The minimum Gasteiger partial charge on any atom is -0.481 e. The number of hydrogen-bond donors (Lipinski definition) is 2. The second-order valence-corrected chi connectivity index (χ2v) is 3.48. The van der Waals surface area contributed by atoms with Crippen molar-refractivity contribution in [3.8, 4) is 0 Å². The molecule has 0 aromatic carbocycles. The van der Waals surface area contributed by atoms with Crippen molar-refractivity contribution in [1.29, 1.82) is 0 Å². The van der Waals surface area contributed by atoms with Crippen molar-refractivity contribution in [2.24, 2.45) is 0 Å². The highest BCUT2D eigenvalue weighted by Crippen LogP contribution is 1.90. The normalized spacial score (nSPS) is 13.1. The predicted molar refractivity (Wildman–Crippen MR) is 57.5 cm³/mol. The van der Waals surface area contributed by atoms with E-state index in [1.54, 1.807) is 0 Å². The van der Waals surface area contributed by atoms with Crippen LogP contribution < -0.4 is 5.32 Å². The van der Waals surface area contributed by atoms with Crippen LogP contribution in [0.1, 0.15) is 27.2 Å². The molecule has 0 saturated heterocycles. The van der Waals surface area contributed by atoms with Crippen molar-refractivity contribution in [2.45, 2.75) is 33.2 Å². The molecule has 0 aliphatic carbocycles. The van der Waals surface area contributed by atoms with Gasteiger partial charge in [0.1, 0.15) is 0 Å². The first kappa shape index (κ1) is 13.4. The maximum atomic E-state index is 10.4. The summed E-state index contributed by atoms with van der Waals surface area (Å²) in [6.45, 7) is 10.1. The number of carboxylic acids is 1. The lowest BCUT2D eigenvalue weighted by molar-refractivity contribution is -0.137. The molecule has 0 fully saturated rings. The summed E-state index contributed by atoms with van der Waals surface area (Å²) in [6.07, 6.45) is 0.193. The van der Waals surface area contributed by atoms with E-state index in [-0.39, 0.29) is 12.5 Å². The molecule has 0 bridgehead atoms. The molecule has 0 spiro atoms. The van der Waals surface area contributed by atoms with E-state index in [1.807, 2.05) is 6.92 Å². The molecule has 0 aromatic rings. The van der Waals surface area contributed by atoms with Crippen molar-refractivity contribution in [3.05, 3.63) is 0 Å². The average molecular weight is 202 g/mol. The van der Waals surface area contributed by atoms with Gasteiger partial charge in [0.2, 0.25) is 0 Å². The first-order valence-electron chi connectivity index (χ1n) is 5.27. The van der Waals surface area contributed by atoms with Gasteiger partial charge in [0.05, 0.1) is 6.42 Å². The van der Waals surface area contributed by atoms with Gasteiger partial charge in [0.25, 0.3) is 0 Å². The molecule has 14 heavy (non-hydrogen) atoms. The lowest BCUT2D eigenvalue weighted by Crippen LogP contribution is -2.36. The van der Waals surface area contributed by atoms with Crippen LogP contribution in [0.4, 0.5) is 0 Å². The molecule has 84 valence electrons. The predicted octanol–water partition coefficient (Wildman–Crippen LogP) is 0.781. The van der Waals surface area contributed by atoms with Crippen LogP contribution in [0.3, 0.4) is 0 Å². The van der Waals surface area contributed by atoms with Crippen LogP contribution in [-0.2, 0) is 4.79 Å². The van der Waals surface area contributed by atoms with E-state index in [0.29, 0.717) is 0 Å². The quantitative estimate of drug-likeness (QED) is 0.611. The zero-order valence-corrected chi connectivity index (χ0v) is 9.42. The Morgan fingerprint density at radius 3 is 2.43 bits per heavy atom. The van der Waals surface area contributed by atoms with Crippen LogP contribution in [0.5, 0.6) is 0 Å². The largest absolute Gasteiger partial charge is 0.481 e. The van der Waals surface area contributed by atoms with E-state index in [9.17, 15) is 4.79 Å². The number of hydrogen-bond acceptors (Lipinski definition) is 3. The lowest BCUT2D eigenvalue weighted by atomic mass is 10.2. The summed E-state index contributed by atoms with van der Waals surface area (Å²) in [6, 6.07) is 0.0584. The first-order chi connectivity index (χ1) is 6.60. The maximum Gasteiger partial charge on any atom is 0.304 e. The van der Waals surface area contributed by atoms with Crippen LogP contribution >= 0.6 is 0 Å². The minimum absolute atomic E-state index is 0.0584. The Balaban J connectivity index is 3.47. The number of nitrogens with one attached hydrogen (secondary N) is 1. The van der Waals surface area contributed by atoms with Gasteiger partial charge >= 0.3 is 5.97 Å². The van der Waals surface area contributed by atoms with Gasteiger partial charge in [0, 0.05) is 19.1 Å². The van der Waals surface area contributed by atoms with Gasteiger partial charge < -0.3 is 15.3 Å². The van der Waals surface area contributed by atoms with Gasteiger partial charge in [-0.15, -0.1) is 0 Å². The number of rotatable bonds is 8. The highest BCUT2D eigenvalue weighted by atomic mass is 16.4. The Labute approximate surface area is 86.3 Å². The highest BCUT2D eigenvalue weighted by molar-refractivity contribution is 5.67. The molecule has 2 N–H and O–H groups in total. The summed E-state index contributed by atoms with van der Waals surface area (Å²) in [5.41, 5.74) is 0. The van der Waals surface area contributed by atoms with Gasteiger partial charge in [-0.1, -0.05) is 13.8 Å². The van der Waals surface area contributed by atoms with Crippen molar-refractivity contribution in [1.82, 2.24) is 10.2 Å². The number of nitrogens with zero attached hydrogens (tertiary/aromatic N) is 1. The molecule has 0 amide bonds. The second-order valence-electron chi connectivity index (χ2n) is 3.48. The molecule has 0 rings (SSSR count). The summed E-state index contributed by atoms with van der Waals surface area (Å²) in [7, 11) is 0. The molecule has 0 aromatic heterocycles. The summed E-state index contributed by atoms with van der Waals surface area (Å²) < 4.78 is 0. The standard InChI is InChI=1S/C10H22N2O2/c1-4-12(5-2)7-6-11-9(3)8-10(13)14/h9,11H,4-8H2,1-3H3,(H,13,14). The molecule has 0 saturated carbocycles. The molecule has 1 atom stereocenters. The van der Waals surface area contributed by atoms with E-state index in [4.69, 9.17) is 5.11 Å². The van der Waals surface area contributed by atoms with E-state index in [0.717, 1.165) is 26.2 Å². The number of likely N-dealkylation sites (N-methyl/N-ethyl adjacent to an activating group) is 1. The zero-order valence-electron chi connectivity index (χ0n) is 9.42. The summed E-state index contributed by atoms with van der Waals surface area (Å²) in [5.74, 6) is -0.743. The minimum atomic E-state index is -0.743. The third-order valence-electron chi connectivity index (χ3n) is 2.30. The first-order valence-corrected chi connectivity index (χ1v) is 5.27. The van der Waals surface area contributed by atoms with Gasteiger partial charge in [0.15, 0.2) is 0 Å². The van der Waals surface area contributed by atoms with Crippen molar-refractivity contribution in [3.63, 3.8) is 0 Å². The third-order valence-corrected chi connectivity index (χ3v) is 2.30. The van der Waals surface area contributed by atoms with E-state index >= 15 is 0 Å². The van der Waals surface area contributed by atoms with Crippen LogP contribution in [0.2, 0.25) is 0 Å². The average Bonchev–Trinajstić information content (AvgIpc) is 2.11. The second kappa shape index (κ2) is 7.76. The number of aliphatic carboxylic acids is 1. The summed E-state index contributed by atoms with van der Waals surface area (Å²) in [4.78, 5) is 12.7. The molecule has 4 heteroatoms. The maximum absolute atomic E-state index is 10.4. The summed E-state index contributed by atoms with van der Waals surface area (Å²) >= 11 is 0. The van der Waals surface area contributed by atoms with E-state index in [2.05, 4.69) is 24.1 Å². The molecule has 0 aliphatic heterocycles. The van der Waals surface area contributed by atoms with Crippen LogP contribution in [0.25, 0.3) is 0 Å². The molecule has 4 nitrogen and oxygen atoms in total.